The third-order valence-electron chi connectivity index (χ3n) is 2.59. The van der Waals surface area contributed by atoms with Crippen molar-refractivity contribution in [2.24, 2.45) is 0 Å². The number of amides is 1. The maximum absolute atomic E-state index is 13.2. The fourth-order valence-corrected chi connectivity index (χ4v) is 2.16. The van der Waals surface area contributed by atoms with Gasteiger partial charge in [0, 0.05) is 12.6 Å². The fraction of sp³-hybridized carbons (Fsp3) is 0.364. The summed E-state index contributed by atoms with van der Waals surface area (Å²) in [7, 11) is 0. The largest absolute Gasteiger partial charge is 0.348 e. The first-order valence-corrected chi connectivity index (χ1v) is 5.93. The summed E-state index contributed by atoms with van der Waals surface area (Å²) >= 11 is 3.08. The first-order valence-electron chi connectivity index (χ1n) is 5.14. The van der Waals surface area contributed by atoms with E-state index in [0.717, 1.165) is 19.5 Å². The van der Waals surface area contributed by atoms with E-state index in [4.69, 9.17) is 0 Å². The van der Waals surface area contributed by atoms with Crippen LogP contribution in [0.15, 0.2) is 22.7 Å². The van der Waals surface area contributed by atoms with Crippen molar-refractivity contribution in [3.05, 3.63) is 34.1 Å². The van der Waals surface area contributed by atoms with Gasteiger partial charge in [0.05, 0.1) is 10.0 Å². The second kappa shape index (κ2) is 4.93. The molecule has 2 N–H and O–H groups in total. The van der Waals surface area contributed by atoms with Crippen LogP contribution in [0.5, 0.6) is 0 Å². The third kappa shape index (κ3) is 2.41. The molecular formula is C11H12BrFN2O. The van der Waals surface area contributed by atoms with Crippen molar-refractivity contribution < 1.29 is 9.18 Å². The van der Waals surface area contributed by atoms with Crippen LogP contribution in [0.4, 0.5) is 4.39 Å². The smallest absolute Gasteiger partial charge is 0.252 e. The van der Waals surface area contributed by atoms with E-state index in [9.17, 15) is 9.18 Å². The molecule has 86 valence electrons. The van der Waals surface area contributed by atoms with E-state index in [1.54, 1.807) is 6.07 Å². The summed E-state index contributed by atoms with van der Waals surface area (Å²) in [5.74, 6) is -0.655. The molecule has 0 spiro atoms. The molecule has 2 rings (SSSR count). The van der Waals surface area contributed by atoms with Crippen molar-refractivity contribution in [2.45, 2.75) is 12.5 Å². The fourth-order valence-electron chi connectivity index (χ4n) is 1.72. The first kappa shape index (κ1) is 11.5. The zero-order chi connectivity index (χ0) is 11.5. The number of nitrogens with one attached hydrogen (secondary N) is 2. The normalized spacial score (nSPS) is 19.8. The molecule has 3 nitrogen and oxygen atoms in total. The number of hydrogen-bond donors (Lipinski definition) is 2. The predicted molar refractivity (Wildman–Crippen MR) is 62.8 cm³/mol. The van der Waals surface area contributed by atoms with Gasteiger partial charge in [-0.15, -0.1) is 0 Å². The van der Waals surface area contributed by atoms with Crippen molar-refractivity contribution in [3.63, 3.8) is 0 Å². The Labute approximate surface area is 102 Å². The molecule has 0 saturated carbocycles. The van der Waals surface area contributed by atoms with Gasteiger partial charge in [0.15, 0.2) is 0 Å². The van der Waals surface area contributed by atoms with E-state index in [1.807, 2.05) is 0 Å². The standard InChI is InChI=1S/C11H12BrFN2O/c12-10-8(2-1-3-9(10)13)11(16)15-7-4-5-14-6-7/h1-3,7,14H,4-6H2,(H,15,16). The highest BCUT2D eigenvalue weighted by molar-refractivity contribution is 9.10. The minimum atomic E-state index is -0.419. The van der Waals surface area contributed by atoms with E-state index in [1.165, 1.54) is 12.1 Å². The van der Waals surface area contributed by atoms with Crippen LogP contribution in [0, 0.1) is 5.82 Å². The Morgan fingerprint density at radius 1 is 1.56 bits per heavy atom. The van der Waals surface area contributed by atoms with Crippen LogP contribution >= 0.6 is 15.9 Å². The minimum Gasteiger partial charge on any atom is -0.348 e. The maximum atomic E-state index is 13.2. The Hall–Kier alpha value is -0.940. The highest BCUT2D eigenvalue weighted by atomic mass is 79.9. The minimum absolute atomic E-state index is 0.141. The molecule has 1 amide bonds. The Balaban J connectivity index is 2.11. The molecule has 1 saturated heterocycles. The zero-order valence-electron chi connectivity index (χ0n) is 8.59. The average molecular weight is 287 g/mol. The zero-order valence-corrected chi connectivity index (χ0v) is 10.2. The van der Waals surface area contributed by atoms with Gasteiger partial charge in [-0.05, 0) is 41.0 Å². The molecule has 1 aliphatic rings. The Morgan fingerprint density at radius 3 is 3.06 bits per heavy atom. The van der Waals surface area contributed by atoms with Crippen LogP contribution in [0.2, 0.25) is 0 Å². The van der Waals surface area contributed by atoms with Gasteiger partial charge in [0.1, 0.15) is 5.82 Å². The lowest BCUT2D eigenvalue weighted by atomic mass is 10.2. The highest BCUT2D eigenvalue weighted by Gasteiger charge is 2.19. The lowest BCUT2D eigenvalue weighted by Gasteiger charge is -2.12. The number of carbonyl (C=O) groups is 1. The summed E-state index contributed by atoms with van der Waals surface area (Å²) in [5.41, 5.74) is 0.340. The number of rotatable bonds is 2. The van der Waals surface area contributed by atoms with Crippen LogP contribution in [0.25, 0.3) is 0 Å². The van der Waals surface area contributed by atoms with Gasteiger partial charge >= 0.3 is 0 Å². The number of carbonyl (C=O) groups excluding carboxylic acids is 1. The van der Waals surface area contributed by atoms with Gasteiger partial charge < -0.3 is 10.6 Å². The predicted octanol–water partition coefficient (Wildman–Crippen LogP) is 1.68. The van der Waals surface area contributed by atoms with Crippen LogP contribution < -0.4 is 10.6 Å². The summed E-state index contributed by atoms with van der Waals surface area (Å²) < 4.78 is 13.4. The lowest BCUT2D eigenvalue weighted by molar-refractivity contribution is 0.0938. The third-order valence-corrected chi connectivity index (χ3v) is 3.40. The van der Waals surface area contributed by atoms with Crippen molar-refractivity contribution in [2.75, 3.05) is 13.1 Å². The van der Waals surface area contributed by atoms with Gasteiger partial charge in [0.25, 0.3) is 5.91 Å². The van der Waals surface area contributed by atoms with Gasteiger partial charge in [-0.25, -0.2) is 4.39 Å². The molecule has 1 heterocycles. The number of halogens is 2. The molecule has 16 heavy (non-hydrogen) atoms. The van der Waals surface area contributed by atoms with Crippen molar-refractivity contribution in [3.8, 4) is 0 Å². The maximum Gasteiger partial charge on any atom is 0.252 e. The molecule has 5 heteroatoms. The van der Waals surface area contributed by atoms with Crippen molar-refractivity contribution >= 4 is 21.8 Å². The van der Waals surface area contributed by atoms with Gasteiger partial charge in [-0.3, -0.25) is 4.79 Å². The van der Waals surface area contributed by atoms with Crippen molar-refractivity contribution in [1.29, 1.82) is 0 Å². The monoisotopic (exact) mass is 286 g/mol. The second-order valence-corrected chi connectivity index (χ2v) is 4.56. The highest BCUT2D eigenvalue weighted by Crippen LogP contribution is 2.20. The molecule has 0 bridgehead atoms. The Morgan fingerprint density at radius 2 is 2.38 bits per heavy atom. The topological polar surface area (TPSA) is 41.1 Å². The summed E-state index contributed by atoms with van der Waals surface area (Å²) in [6.45, 7) is 1.69. The lowest BCUT2D eigenvalue weighted by Crippen LogP contribution is -2.36. The molecule has 1 fully saturated rings. The van der Waals surface area contributed by atoms with E-state index < -0.39 is 5.82 Å². The summed E-state index contributed by atoms with van der Waals surface area (Å²) in [6.07, 6.45) is 0.915. The molecule has 1 aliphatic heterocycles. The first-order chi connectivity index (χ1) is 7.68. The molecule has 1 aromatic rings. The van der Waals surface area contributed by atoms with Gasteiger partial charge in [-0.1, -0.05) is 6.07 Å². The Bertz CT molecular complexity index is 405. The molecule has 1 unspecified atom stereocenters. The molecule has 1 atom stereocenters. The van der Waals surface area contributed by atoms with Crippen LogP contribution in [0.1, 0.15) is 16.8 Å². The van der Waals surface area contributed by atoms with E-state index in [0.29, 0.717) is 5.56 Å². The van der Waals surface area contributed by atoms with E-state index >= 15 is 0 Å². The summed E-state index contributed by atoms with van der Waals surface area (Å²) in [6, 6.07) is 4.59. The van der Waals surface area contributed by atoms with E-state index in [-0.39, 0.29) is 16.4 Å². The van der Waals surface area contributed by atoms with Crippen LogP contribution in [-0.4, -0.2) is 25.0 Å². The quantitative estimate of drug-likeness (QED) is 0.869. The molecule has 0 aliphatic carbocycles. The van der Waals surface area contributed by atoms with Crippen LogP contribution in [0.3, 0.4) is 0 Å². The number of hydrogen-bond acceptors (Lipinski definition) is 2. The molecule has 1 aromatic carbocycles. The number of benzene rings is 1. The summed E-state index contributed by atoms with van der Waals surface area (Å²) in [5, 5.41) is 6.02. The Kier molecular flexibility index (Phi) is 3.56. The van der Waals surface area contributed by atoms with Gasteiger partial charge in [-0.2, -0.15) is 0 Å². The van der Waals surface area contributed by atoms with Crippen molar-refractivity contribution in [1.82, 2.24) is 10.6 Å². The second-order valence-electron chi connectivity index (χ2n) is 3.76. The SMILES string of the molecule is O=C(NC1CCNC1)c1cccc(F)c1Br. The van der Waals surface area contributed by atoms with Gasteiger partial charge in [0.2, 0.25) is 0 Å². The van der Waals surface area contributed by atoms with E-state index in [2.05, 4.69) is 26.6 Å². The molecule has 0 radical (unpaired) electrons. The summed E-state index contributed by atoms with van der Waals surface area (Å²) in [4.78, 5) is 11.8. The molecular weight excluding hydrogens is 275 g/mol. The van der Waals surface area contributed by atoms with Crippen LogP contribution in [-0.2, 0) is 0 Å². The molecule has 0 aromatic heterocycles. The average Bonchev–Trinajstić information content (AvgIpc) is 2.74.